The minimum Gasteiger partial charge on any atom is -0.373 e. The Morgan fingerprint density at radius 2 is 1.25 bits per heavy atom. The van der Waals surface area contributed by atoms with Gasteiger partial charge in [0.05, 0.1) is 0 Å². The third-order valence-corrected chi connectivity index (χ3v) is 9.86. The first-order valence-electron chi connectivity index (χ1n) is 6.16. The second-order valence-corrected chi connectivity index (χ2v) is 9.60. The van der Waals surface area contributed by atoms with Crippen molar-refractivity contribution in [2.24, 2.45) is 0 Å². The van der Waals surface area contributed by atoms with Crippen LogP contribution in [0.1, 0.15) is 34.1 Å². The SMILES string of the molecule is CCO[Si](OCC)(OCC)C(CC)P(C)C. The Morgan fingerprint density at radius 3 is 1.44 bits per heavy atom. The quantitative estimate of drug-likeness (QED) is 0.474. The van der Waals surface area contributed by atoms with Gasteiger partial charge < -0.3 is 13.3 Å². The summed E-state index contributed by atoms with van der Waals surface area (Å²) in [6.07, 6.45) is 1.07. The molecule has 0 aliphatic heterocycles. The molecule has 98 valence electrons. The van der Waals surface area contributed by atoms with E-state index in [9.17, 15) is 0 Å². The van der Waals surface area contributed by atoms with Crippen LogP contribution < -0.4 is 0 Å². The van der Waals surface area contributed by atoms with E-state index < -0.39 is 8.80 Å². The van der Waals surface area contributed by atoms with Crippen molar-refractivity contribution in [3.05, 3.63) is 0 Å². The number of hydrogen-bond donors (Lipinski definition) is 0. The lowest BCUT2D eigenvalue weighted by Crippen LogP contribution is -2.55. The van der Waals surface area contributed by atoms with Crippen molar-refractivity contribution >= 4 is 16.7 Å². The van der Waals surface area contributed by atoms with Gasteiger partial charge in [0.25, 0.3) is 0 Å². The number of rotatable bonds is 9. The summed E-state index contributed by atoms with van der Waals surface area (Å²) < 4.78 is 17.8. The van der Waals surface area contributed by atoms with Gasteiger partial charge in [-0.2, -0.15) is 0 Å². The first-order valence-corrected chi connectivity index (χ1v) is 10.3. The van der Waals surface area contributed by atoms with Crippen LogP contribution in [-0.4, -0.2) is 47.2 Å². The zero-order chi connectivity index (χ0) is 12.6. The average Bonchev–Trinajstić information content (AvgIpc) is 2.19. The van der Waals surface area contributed by atoms with Gasteiger partial charge in [-0.3, -0.25) is 0 Å². The van der Waals surface area contributed by atoms with Gasteiger partial charge in [-0.1, -0.05) is 6.92 Å². The summed E-state index contributed by atoms with van der Waals surface area (Å²) in [6.45, 7) is 14.8. The molecule has 0 aromatic carbocycles. The summed E-state index contributed by atoms with van der Waals surface area (Å²) in [6, 6.07) is 0. The fourth-order valence-corrected chi connectivity index (χ4v) is 8.41. The zero-order valence-corrected chi connectivity index (χ0v) is 13.5. The van der Waals surface area contributed by atoms with Gasteiger partial charge >= 0.3 is 8.80 Å². The van der Waals surface area contributed by atoms with Crippen LogP contribution in [0.25, 0.3) is 0 Å². The molecule has 0 saturated carbocycles. The van der Waals surface area contributed by atoms with Gasteiger partial charge in [0.1, 0.15) is 0 Å². The maximum Gasteiger partial charge on any atom is 0.508 e. The van der Waals surface area contributed by atoms with Crippen molar-refractivity contribution < 1.29 is 13.3 Å². The van der Waals surface area contributed by atoms with E-state index in [0.717, 1.165) is 6.42 Å². The molecular weight excluding hydrogens is 239 g/mol. The van der Waals surface area contributed by atoms with E-state index in [-0.39, 0.29) is 7.92 Å². The number of hydrogen-bond acceptors (Lipinski definition) is 3. The summed E-state index contributed by atoms with van der Waals surface area (Å²) in [5, 5.41) is 0.461. The van der Waals surface area contributed by atoms with Crippen LogP contribution in [0, 0.1) is 0 Å². The van der Waals surface area contributed by atoms with E-state index >= 15 is 0 Å². The molecule has 0 N–H and O–H groups in total. The Balaban J connectivity index is 4.93. The third-order valence-electron chi connectivity index (χ3n) is 2.45. The third kappa shape index (κ3) is 4.42. The summed E-state index contributed by atoms with van der Waals surface area (Å²) >= 11 is 0. The van der Waals surface area contributed by atoms with Gasteiger partial charge in [-0.15, -0.1) is 7.92 Å². The van der Waals surface area contributed by atoms with Crippen LogP contribution in [0.2, 0.25) is 0 Å². The monoisotopic (exact) mass is 266 g/mol. The van der Waals surface area contributed by atoms with Crippen LogP contribution in [-0.2, 0) is 13.3 Å². The smallest absolute Gasteiger partial charge is 0.373 e. The zero-order valence-electron chi connectivity index (χ0n) is 11.6. The van der Waals surface area contributed by atoms with Crippen molar-refractivity contribution in [3.8, 4) is 0 Å². The molecule has 0 fully saturated rings. The largest absolute Gasteiger partial charge is 0.508 e. The molecule has 3 nitrogen and oxygen atoms in total. The fourth-order valence-electron chi connectivity index (χ4n) is 1.95. The summed E-state index contributed by atoms with van der Waals surface area (Å²) in [4.78, 5) is 0. The molecular formula is C11H27O3PSi. The van der Waals surface area contributed by atoms with Crippen molar-refractivity contribution in [1.29, 1.82) is 0 Å². The van der Waals surface area contributed by atoms with Crippen molar-refractivity contribution in [2.75, 3.05) is 33.2 Å². The van der Waals surface area contributed by atoms with E-state index in [0.29, 0.717) is 25.1 Å². The molecule has 0 bridgehead atoms. The molecule has 0 spiro atoms. The lowest BCUT2D eigenvalue weighted by molar-refractivity contribution is 0.0688. The maximum absolute atomic E-state index is 5.94. The fraction of sp³-hybridized carbons (Fsp3) is 1.00. The molecule has 1 unspecified atom stereocenters. The highest BCUT2D eigenvalue weighted by atomic mass is 31.1. The van der Waals surface area contributed by atoms with Crippen molar-refractivity contribution in [2.45, 2.75) is 39.4 Å². The molecule has 0 aliphatic rings. The Labute approximate surface area is 103 Å². The van der Waals surface area contributed by atoms with E-state index in [1.807, 2.05) is 20.8 Å². The molecule has 0 rings (SSSR count). The standard InChI is InChI=1S/C11H27O3PSi/c1-7-11(15(5)6)16(12-8-2,13-9-3)14-10-4/h11H,7-10H2,1-6H3. The Morgan fingerprint density at radius 1 is 0.875 bits per heavy atom. The van der Waals surface area contributed by atoms with Gasteiger partial charge in [0, 0.05) is 25.1 Å². The average molecular weight is 266 g/mol. The van der Waals surface area contributed by atoms with Crippen LogP contribution in [0.3, 0.4) is 0 Å². The highest BCUT2D eigenvalue weighted by Crippen LogP contribution is 2.41. The first kappa shape index (κ1) is 16.5. The lowest BCUT2D eigenvalue weighted by Gasteiger charge is -2.36. The predicted octanol–water partition coefficient (Wildman–Crippen LogP) is 3.09. The first-order chi connectivity index (χ1) is 7.57. The van der Waals surface area contributed by atoms with Crippen LogP contribution >= 0.6 is 7.92 Å². The van der Waals surface area contributed by atoms with Crippen LogP contribution in [0.4, 0.5) is 0 Å². The summed E-state index contributed by atoms with van der Waals surface area (Å²) in [7, 11) is -2.56. The molecule has 0 heterocycles. The van der Waals surface area contributed by atoms with E-state index in [4.69, 9.17) is 13.3 Å². The summed E-state index contributed by atoms with van der Waals surface area (Å²) in [5.74, 6) is 0. The Bertz CT molecular complexity index is 162. The van der Waals surface area contributed by atoms with Crippen LogP contribution in [0.5, 0.6) is 0 Å². The Kier molecular flexibility index (Phi) is 8.88. The van der Waals surface area contributed by atoms with E-state index in [2.05, 4.69) is 20.3 Å². The Hall–Kier alpha value is 0.527. The molecule has 0 aromatic heterocycles. The molecule has 16 heavy (non-hydrogen) atoms. The highest BCUT2D eigenvalue weighted by Gasteiger charge is 2.49. The molecule has 0 saturated heterocycles. The van der Waals surface area contributed by atoms with Gasteiger partial charge in [0.15, 0.2) is 0 Å². The topological polar surface area (TPSA) is 27.7 Å². The second-order valence-electron chi connectivity index (χ2n) is 3.79. The minimum absolute atomic E-state index is 0.0999. The van der Waals surface area contributed by atoms with E-state index in [1.54, 1.807) is 0 Å². The van der Waals surface area contributed by atoms with Crippen molar-refractivity contribution in [3.63, 3.8) is 0 Å². The van der Waals surface area contributed by atoms with Gasteiger partial charge in [-0.25, -0.2) is 0 Å². The molecule has 5 heteroatoms. The van der Waals surface area contributed by atoms with Gasteiger partial charge in [0.2, 0.25) is 0 Å². The van der Waals surface area contributed by atoms with Crippen LogP contribution in [0.15, 0.2) is 0 Å². The van der Waals surface area contributed by atoms with Gasteiger partial charge in [-0.05, 0) is 40.5 Å². The second kappa shape index (κ2) is 8.59. The summed E-state index contributed by atoms with van der Waals surface area (Å²) in [5.41, 5.74) is 0. The normalized spacial score (nSPS) is 14.4. The highest BCUT2D eigenvalue weighted by molar-refractivity contribution is 7.59. The molecule has 0 radical (unpaired) electrons. The predicted molar refractivity (Wildman–Crippen MR) is 73.5 cm³/mol. The van der Waals surface area contributed by atoms with Crippen molar-refractivity contribution in [1.82, 2.24) is 0 Å². The lowest BCUT2D eigenvalue weighted by atomic mass is 10.6. The molecule has 0 aromatic rings. The minimum atomic E-state index is -2.46. The molecule has 0 amide bonds. The molecule has 0 aliphatic carbocycles. The molecule has 1 atom stereocenters. The van der Waals surface area contributed by atoms with E-state index in [1.165, 1.54) is 0 Å². The maximum atomic E-state index is 5.94.